The van der Waals surface area contributed by atoms with E-state index in [0.29, 0.717) is 13.0 Å². The largest absolute Gasteiger partial charge is 0.448 e. The molecule has 0 fully saturated rings. The molecule has 0 atom stereocenters. The van der Waals surface area contributed by atoms with Crippen LogP contribution in [0.3, 0.4) is 0 Å². The number of aromatic nitrogens is 1. The topological polar surface area (TPSA) is 104 Å². The van der Waals surface area contributed by atoms with Gasteiger partial charge in [-0.2, -0.15) is 0 Å². The van der Waals surface area contributed by atoms with Gasteiger partial charge in [-0.3, -0.25) is 4.79 Å². The van der Waals surface area contributed by atoms with Crippen LogP contribution in [0.5, 0.6) is 0 Å². The van der Waals surface area contributed by atoms with Gasteiger partial charge in [0.05, 0.1) is 33.0 Å². The minimum absolute atomic E-state index is 0.0962. The number of aliphatic hydroxyl groups excluding tert-OH is 1. The Labute approximate surface area is 164 Å². The lowest BCUT2D eigenvalue weighted by Gasteiger charge is -2.23. The number of aliphatic hydroxyl groups is 1. The normalized spacial score (nSPS) is 10.8. The van der Waals surface area contributed by atoms with Gasteiger partial charge in [0.1, 0.15) is 0 Å². The Morgan fingerprint density at radius 3 is 2.82 bits per heavy atom. The van der Waals surface area contributed by atoms with Crippen molar-refractivity contribution in [3.63, 3.8) is 0 Å². The van der Waals surface area contributed by atoms with Crippen LogP contribution in [0.4, 0.5) is 4.79 Å². The zero-order valence-corrected chi connectivity index (χ0v) is 16.3. The average Bonchev–Trinajstić information content (AvgIpc) is 3.12. The van der Waals surface area contributed by atoms with E-state index in [2.05, 4.69) is 10.4 Å². The molecule has 8 nitrogen and oxygen atoms in total. The summed E-state index contributed by atoms with van der Waals surface area (Å²) in [7, 11) is 0. The number of H-pyrrole nitrogens is 1. The van der Waals surface area contributed by atoms with Gasteiger partial charge in [-0.05, 0) is 24.5 Å². The second-order valence-electron chi connectivity index (χ2n) is 6.34. The minimum atomic E-state index is -0.656. The Kier molecular flexibility index (Phi) is 9.30. The standard InChI is InChI=1S/C20H29N3O5/c1-2-3-12-28-20(26)22-23(10-13-27-14-11-24)19(25)9-8-16-15-21-18-7-5-4-6-17(16)18/h4-7,15,21,24H,2-3,8-14H2,1H3,(H,22,26). The summed E-state index contributed by atoms with van der Waals surface area (Å²) in [5.41, 5.74) is 4.56. The zero-order valence-electron chi connectivity index (χ0n) is 16.3. The average molecular weight is 391 g/mol. The van der Waals surface area contributed by atoms with Crippen LogP contribution in [0.1, 0.15) is 31.7 Å². The van der Waals surface area contributed by atoms with E-state index < -0.39 is 6.09 Å². The number of hydrogen-bond acceptors (Lipinski definition) is 5. The van der Waals surface area contributed by atoms with Crippen LogP contribution in [0.15, 0.2) is 30.5 Å². The highest BCUT2D eigenvalue weighted by molar-refractivity contribution is 5.84. The summed E-state index contributed by atoms with van der Waals surface area (Å²) >= 11 is 0. The first-order valence-electron chi connectivity index (χ1n) is 9.63. The molecule has 154 valence electrons. The first-order chi connectivity index (χ1) is 13.7. The third-order valence-corrected chi connectivity index (χ3v) is 4.24. The number of amides is 2. The van der Waals surface area contributed by atoms with E-state index in [0.717, 1.165) is 29.3 Å². The van der Waals surface area contributed by atoms with Gasteiger partial charge >= 0.3 is 6.09 Å². The molecule has 0 saturated heterocycles. The Bertz CT molecular complexity index is 746. The highest BCUT2D eigenvalue weighted by Gasteiger charge is 2.17. The lowest BCUT2D eigenvalue weighted by molar-refractivity contribution is -0.134. The fraction of sp³-hybridized carbons (Fsp3) is 0.500. The van der Waals surface area contributed by atoms with E-state index in [1.54, 1.807) is 0 Å². The molecule has 0 radical (unpaired) electrons. The Morgan fingerprint density at radius 2 is 2.04 bits per heavy atom. The number of para-hydroxylation sites is 1. The van der Waals surface area contributed by atoms with Crippen molar-refractivity contribution in [2.24, 2.45) is 0 Å². The highest BCUT2D eigenvalue weighted by Crippen LogP contribution is 2.19. The first kappa shape index (κ1) is 21.7. The number of nitrogens with one attached hydrogen (secondary N) is 2. The SMILES string of the molecule is CCCCOC(=O)NN(CCOCCO)C(=O)CCc1c[nH]c2ccccc12. The fourth-order valence-electron chi connectivity index (χ4n) is 2.73. The van der Waals surface area contributed by atoms with Crippen molar-refractivity contribution in [2.75, 3.05) is 33.0 Å². The molecule has 0 aliphatic heterocycles. The number of carbonyl (C=O) groups is 2. The number of fused-ring (bicyclic) bond motifs is 1. The smallest absolute Gasteiger partial charge is 0.426 e. The molecular weight excluding hydrogens is 362 g/mol. The number of benzene rings is 1. The number of rotatable bonds is 11. The summed E-state index contributed by atoms with van der Waals surface area (Å²) < 4.78 is 10.3. The summed E-state index contributed by atoms with van der Waals surface area (Å²) in [6, 6.07) is 7.91. The number of aryl methyl sites for hydroxylation is 1. The predicted octanol–water partition coefficient (Wildman–Crippen LogP) is 2.38. The van der Waals surface area contributed by atoms with Crippen molar-refractivity contribution in [1.82, 2.24) is 15.4 Å². The number of aromatic amines is 1. The Morgan fingerprint density at radius 1 is 1.21 bits per heavy atom. The maximum absolute atomic E-state index is 12.6. The van der Waals surface area contributed by atoms with Crippen molar-refractivity contribution >= 4 is 22.9 Å². The van der Waals surface area contributed by atoms with Crippen LogP contribution in [-0.2, 0) is 20.7 Å². The molecule has 28 heavy (non-hydrogen) atoms. The number of hydrazine groups is 1. The van der Waals surface area contributed by atoms with Crippen LogP contribution in [-0.4, -0.2) is 60.1 Å². The van der Waals surface area contributed by atoms with Crippen molar-refractivity contribution in [3.05, 3.63) is 36.0 Å². The van der Waals surface area contributed by atoms with Gasteiger partial charge in [0.15, 0.2) is 0 Å². The molecule has 0 unspecified atom stereocenters. The van der Waals surface area contributed by atoms with Crippen molar-refractivity contribution in [3.8, 4) is 0 Å². The molecule has 1 aromatic heterocycles. The number of hydrogen-bond donors (Lipinski definition) is 3. The van der Waals surface area contributed by atoms with Crippen LogP contribution in [0.2, 0.25) is 0 Å². The Balaban J connectivity index is 1.91. The molecule has 2 aromatic rings. The molecule has 0 bridgehead atoms. The van der Waals surface area contributed by atoms with E-state index in [1.807, 2.05) is 37.4 Å². The number of nitrogens with zero attached hydrogens (tertiary/aromatic N) is 1. The van der Waals surface area contributed by atoms with Gasteiger partial charge in [0.25, 0.3) is 0 Å². The number of carbonyl (C=O) groups excluding carboxylic acids is 2. The lowest BCUT2D eigenvalue weighted by atomic mass is 10.1. The summed E-state index contributed by atoms with van der Waals surface area (Å²) in [4.78, 5) is 27.8. The van der Waals surface area contributed by atoms with Gasteiger partial charge < -0.3 is 19.6 Å². The van der Waals surface area contributed by atoms with Crippen LogP contribution in [0, 0.1) is 0 Å². The molecule has 0 aliphatic carbocycles. The van der Waals surface area contributed by atoms with E-state index in [1.165, 1.54) is 5.01 Å². The van der Waals surface area contributed by atoms with Crippen molar-refractivity contribution in [2.45, 2.75) is 32.6 Å². The van der Waals surface area contributed by atoms with Gasteiger partial charge in [-0.25, -0.2) is 15.2 Å². The molecule has 2 amide bonds. The van der Waals surface area contributed by atoms with E-state index >= 15 is 0 Å². The number of unbranched alkanes of at least 4 members (excludes halogenated alkanes) is 1. The second-order valence-corrected chi connectivity index (χ2v) is 6.34. The summed E-state index contributed by atoms with van der Waals surface area (Å²) in [6.07, 6.45) is 3.70. The first-order valence-corrected chi connectivity index (χ1v) is 9.63. The molecule has 0 spiro atoms. The molecular formula is C20H29N3O5. The quantitative estimate of drug-likeness (QED) is 0.403. The maximum atomic E-state index is 12.6. The fourth-order valence-corrected chi connectivity index (χ4v) is 2.73. The molecule has 1 heterocycles. The summed E-state index contributed by atoms with van der Waals surface area (Å²) in [6.45, 7) is 2.77. The summed E-state index contributed by atoms with van der Waals surface area (Å²) in [5, 5.41) is 11.1. The third-order valence-electron chi connectivity index (χ3n) is 4.24. The predicted molar refractivity (Wildman–Crippen MR) is 106 cm³/mol. The highest BCUT2D eigenvalue weighted by atomic mass is 16.6. The van der Waals surface area contributed by atoms with E-state index in [-0.39, 0.29) is 38.7 Å². The van der Waals surface area contributed by atoms with Gasteiger partial charge in [0.2, 0.25) is 5.91 Å². The second kappa shape index (κ2) is 12.0. The monoisotopic (exact) mass is 391 g/mol. The number of ether oxygens (including phenoxy) is 2. The molecule has 8 heteroatoms. The summed E-state index contributed by atoms with van der Waals surface area (Å²) in [5.74, 6) is -0.231. The Hall–Kier alpha value is -2.58. The van der Waals surface area contributed by atoms with Gasteiger partial charge in [-0.1, -0.05) is 31.5 Å². The van der Waals surface area contributed by atoms with Crippen molar-refractivity contribution in [1.29, 1.82) is 0 Å². The zero-order chi connectivity index (χ0) is 20.2. The minimum Gasteiger partial charge on any atom is -0.448 e. The van der Waals surface area contributed by atoms with Crippen LogP contribution < -0.4 is 5.43 Å². The molecule has 1 aromatic carbocycles. The molecule has 0 saturated carbocycles. The molecule has 3 N–H and O–H groups in total. The van der Waals surface area contributed by atoms with Gasteiger partial charge in [-0.15, -0.1) is 0 Å². The van der Waals surface area contributed by atoms with E-state index in [4.69, 9.17) is 14.6 Å². The molecule has 0 aliphatic rings. The van der Waals surface area contributed by atoms with Crippen molar-refractivity contribution < 1.29 is 24.2 Å². The lowest BCUT2D eigenvalue weighted by Crippen LogP contribution is -2.48. The van der Waals surface area contributed by atoms with E-state index in [9.17, 15) is 9.59 Å². The van der Waals surface area contributed by atoms with Gasteiger partial charge in [0, 0.05) is 23.5 Å². The third kappa shape index (κ3) is 6.86. The maximum Gasteiger partial charge on any atom is 0.426 e. The van der Waals surface area contributed by atoms with Crippen LogP contribution >= 0.6 is 0 Å². The molecule has 2 rings (SSSR count). The van der Waals surface area contributed by atoms with Crippen LogP contribution in [0.25, 0.3) is 10.9 Å².